The average Bonchev–Trinajstić information content (AvgIpc) is 2.97. The van der Waals surface area contributed by atoms with Gasteiger partial charge in [0, 0.05) is 22.3 Å². The van der Waals surface area contributed by atoms with Gasteiger partial charge in [-0.1, -0.05) is 12.8 Å². The SMILES string of the molecule is Cc1ccc(CNC(C)C(=O)NC2CCCC2)s1. The maximum atomic E-state index is 12.0. The molecule has 0 bridgehead atoms. The normalized spacial score (nSPS) is 17.9. The molecular weight excluding hydrogens is 244 g/mol. The van der Waals surface area contributed by atoms with Crippen molar-refractivity contribution in [2.24, 2.45) is 0 Å². The van der Waals surface area contributed by atoms with Crippen LogP contribution >= 0.6 is 11.3 Å². The highest BCUT2D eigenvalue weighted by atomic mass is 32.1. The van der Waals surface area contributed by atoms with Crippen LogP contribution in [0.15, 0.2) is 12.1 Å². The summed E-state index contributed by atoms with van der Waals surface area (Å²) in [7, 11) is 0. The topological polar surface area (TPSA) is 41.1 Å². The van der Waals surface area contributed by atoms with Crippen molar-refractivity contribution < 1.29 is 4.79 Å². The largest absolute Gasteiger partial charge is 0.352 e. The Morgan fingerprint density at radius 1 is 1.44 bits per heavy atom. The predicted molar refractivity (Wildman–Crippen MR) is 75.8 cm³/mol. The zero-order valence-electron chi connectivity index (χ0n) is 11.2. The third-order valence-corrected chi connectivity index (χ3v) is 4.47. The van der Waals surface area contributed by atoms with Gasteiger partial charge in [-0.25, -0.2) is 0 Å². The predicted octanol–water partition coefficient (Wildman–Crippen LogP) is 2.59. The van der Waals surface area contributed by atoms with Crippen LogP contribution in [-0.2, 0) is 11.3 Å². The first kappa shape index (κ1) is 13.6. The van der Waals surface area contributed by atoms with E-state index in [0.29, 0.717) is 6.04 Å². The van der Waals surface area contributed by atoms with E-state index in [-0.39, 0.29) is 11.9 Å². The molecule has 3 nitrogen and oxygen atoms in total. The van der Waals surface area contributed by atoms with Crippen molar-refractivity contribution in [1.29, 1.82) is 0 Å². The van der Waals surface area contributed by atoms with Crippen molar-refractivity contribution in [3.63, 3.8) is 0 Å². The standard InChI is InChI=1S/C14H22N2OS/c1-10-7-8-13(18-10)9-15-11(2)14(17)16-12-5-3-4-6-12/h7-8,11-12,15H,3-6,9H2,1-2H3,(H,16,17). The fourth-order valence-corrected chi connectivity index (χ4v) is 3.16. The molecule has 0 aliphatic heterocycles. The van der Waals surface area contributed by atoms with E-state index in [1.807, 2.05) is 6.92 Å². The van der Waals surface area contributed by atoms with E-state index in [1.54, 1.807) is 11.3 Å². The van der Waals surface area contributed by atoms with E-state index < -0.39 is 0 Å². The van der Waals surface area contributed by atoms with Gasteiger partial charge in [0.15, 0.2) is 0 Å². The van der Waals surface area contributed by atoms with E-state index >= 15 is 0 Å². The summed E-state index contributed by atoms with van der Waals surface area (Å²) >= 11 is 1.78. The van der Waals surface area contributed by atoms with Gasteiger partial charge in [0.1, 0.15) is 0 Å². The summed E-state index contributed by atoms with van der Waals surface area (Å²) in [6, 6.07) is 4.53. The maximum Gasteiger partial charge on any atom is 0.237 e. The summed E-state index contributed by atoms with van der Waals surface area (Å²) < 4.78 is 0. The molecule has 0 radical (unpaired) electrons. The molecule has 18 heavy (non-hydrogen) atoms. The molecule has 0 aromatic carbocycles. The summed E-state index contributed by atoms with van der Waals surface area (Å²) in [6.45, 7) is 4.81. The van der Waals surface area contributed by atoms with E-state index in [0.717, 1.165) is 19.4 Å². The Bertz CT molecular complexity index is 396. The van der Waals surface area contributed by atoms with Crippen LogP contribution in [0.1, 0.15) is 42.4 Å². The maximum absolute atomic E-state index is 12.0. The zero-order chi connectivity index (χ0) is 13.0. The van der Waals surface area contributed by atoms with E-state index in [4.69, 9.17) is 0 Å². The third-order valence-electron chi connectivity index (χ3n) is 3.47. The van der Waals surface area contributed by atoms with Crippen LogP contribution in [0.5, 0.6) is 0 Å². The molecule has 2 rings (SSSR count). The van der Waals surface area contributed by atoms with Crippen molar-refractivity contribution in [3.8, 4) is 0 Å². The lowest BCUT2D eigenvalue weighted by atomic mass is 10.2. The van der Waals surface area contributed by atoms with Crippen molar-refractivity contribution in [2.75, 3.05) is 0 Å². The summed E-state index contributed by atoms with van der Waals surface area (Å²) in [5.74, 6) is 0.134. The molecule has 1 aliphatic carbocycles. The van der Waals surface area contributed by atoms with Gasteiger partial charge in [-0.3, -0.25) is 4.79 Å². The Balaban J connectivity index is 1.73. The summed E-state index contributed by atoms with van der Waals surface area (Å²) in [6.07, 6.45) is 4.79. The van der Waals surface area contributed by atoms with E-state index in [2.05, 4.69) is 29.7 Å². The van der Waals surface area contributed by atoms with Crippen molar-refractivity contribution in [2.45, 2.75) is 58.2 Å². The molecular formula is C14H22N2OS. The van der Waals surface area contributed by atoms with E-state index in [9.17, 15) is 4.79 Å². The van der Waals surface area contributed by atoms with Crippen LogP contribution in [0.3, 0.4) is 0 Å². The monoisotopic (exact) mass is 266 g/mol. The number of rotatable bonds is 5. The van der Waals surface area contributed by atoms with Gasteiger partial charge < -0.3 is 10.6 Å². The molecule has 1 aliphatic rings. The molecule has 0 spiro atoms. The highest BCUT2D eigenvalue weighted by molar-refractivity contribution is 7.11. The third kappa shape index (κ3) is 3.82. The first-order valence-corrected chi connectivity index (χ1v) is 7.56. The highest BCUT2D eigenvalue weighted by Crippen LogP contribution is 2.18. The lowest BCUT2D eigenvalue weighted by Gasteiger charge is -2.17. The van der Waals surface area contributed by atoms with Gasteiger partial charge in [0.25, 0.3) is 0 Å². The van der Waals surface area contributed by atoms with Gasteiger partial charge in [0.05, 0.1) is 6.04 Å². The molecule has 2 N–H and O–H groups in total. The van der Waals surface area contributed by atoms with Crippen LogP contribution in [0.2, 0.25) is 0 Å². The van der Waals surface area contributed by atoms with Crippen molar-refractivity contribution in [3.05, 3.63) is 21.9 Å². The lowest BCUT2D eigenvalue weighted by Crippen LogP contribution is -2.45. The summed E-state index contributed by atoms with van der Waals surface area (Å²) in [4.78, 5) is 14.6. The lowest BCUT2D eigenvalue weighted by molar-refractivity contribution is -0.123. The van der Waals surface area contributed by atoms with Crippen LogP contribution < -0.4 is 10.6 Å². The molecule has 1 aromatic heterocycles. The van der Waals surface area contributed by atoms with E-state index in [1.165, 1.54) is 22.6 Å². The second kappa shape index (κ2) is 6.34. The van der Waals surface area contributed by atoms with Crippen LogP contribution in [0.25, 0.3) is 0 Å². The molecule has 1 heterocycles. The molecule has 1 atom stereocenters. The van der Waals surface area contributed by atoms with Crippen LogP contribution in [-0.4, -0.2) is 18.0 Å². The first-order chi connectivity index (χ1) is 8.65. The number of hydrogen-bond donors (Lipinski definition) is 2. The number of nitrogens with one attached hydrogen (secondary N) is 2. The Kier molecular flexibility index (Phi) is 4.78. The summed E-state index contributed by atoms with van der Waals surface area (Å²) in [5.41, 5.74) is 0. The molecule has 1 saturated carbocycles. The fraction of sp³-hybridized carbons (Fsp3) is 0.643. The summed E-state index contributed by atoms with van der Waals surface area (Å²) in [5, 5.41) is 6.41. The zero-order valence-corrected chi connectivity index (χ0v) is 12.0. The number of amides is 1. The Morgan fingerprint density at radius 2 is 2.17 bits per heavy atom. The molecule has 4 heteroatoms. The molecule has 1 fully saturated rings. The molecule has 1 aromatic rings. The van der Waals surface area contributed by atoms with Gasteiger partial charge in [-0.2, -0.15) is 0 Å². The van der Waals surface area contributed by atoms with Crippen molar-refractivity contribution in [1.82, 2.24) is 10.6 Å². The Morgan fingerprint density at radius 3 is 2.78 bits per heavy atom. The quantitative estimate of drug-likeness (QED) is 0.860. The fourth-order valence-electron chi connectivity index (χ4n) is 2.32. The minimum absolute atomic E-state index is 0.118. The van der Waals surface area contributed by atoms with Gasteiger partial charge in [-0.05, 0) is 38.8 Å². The number of thiophene rings is 1. The minimum Gasteiger partial charge on any atom is -0.352 e. The van der Waals surface area contributed by atoms with Crippen LogP contribution in [0, 0.1) is 6.92 Å². The molecule has 100 valence electrons. The number of aryl methyl sites for hydroxylation is 1. The van der Waals surface area contributed by atoms with Gasteiger partial charge in [0.2, 0.25) is 5.91 Å². The second-order valence-corrected chi connectivity index (χ2v) is 6.48. The second-order valence-electron chi connectivity index (χ2n) is 5.10. The molecule has 1 amide bonds. The molecule has 1 unspecified atom stereocenters. The van der Waals surface area contributed by atoms with Crippen LogP contribution in [0.4, 0.5) is 0 Å². The molecule has 0 saturated heterocycles. The smallest absolute Gasteiger partial charge is 0.237 e. The number of carbonyl (C=O) groups excluding carboxylic acids is 1. The first-order valence-electron chi connectivity index (χ1n) is 6.74. The number of hydrogen-bond acceptors (Lipinski definition) is 3. The number of carbonyl (C=O) groups is 1. The Labute approximate surface area is 113 Å². The Hall–Kier alpha value is -0.870. The van der Waals surface area contributed by atoms with Gasteiger partial charge >= 0.3 is 0 Å². The van der Waals surface area contributed by atoms with Crippen molar-refractivity contribution >= 4 is 17.2 Å². The highest BCUT2D eigenvalue weighted by Gasteiger charge is 2.20. The minimum atomic E-state index is -0.118. The van der Waals surface area contributed by atoms with Gasteiger partial charge in [-0.15, -0.1) is 11.3 Å². The average molecular weight is 266 g/mol.